The van der Waals surface area contributed by atoms with Crippen molar-refractivity contribution in [2.75, 3.05) is 0 Å². The summed E-state index contributed by atoms with van der Waals surface area (Å²) in [6.07, 6.45) is 0. The van der Waals surface area contributed by atoms with E-state index in [0.717, 1.165) is 83.4 Å². The molecule has 3 nitrogen and oxygen atoms in total. The van der Waals surface area contributed by atoms with E-state index in [-0.39, 0.29) is 0 Å². The van der Waals surface area contributed by atoms with Crippen LogP contribution in [0.15, 0.2) is 199 Å². The highest BCUT2D eigenvalue weighted by molar-refractivity contribution is 7.25. The average molecular weight is 733 g/mol. The summed E-state index contributed by atoms with van der Waals surface area (Å²) >= 11 is 1.84. The predicted molar refractivity (Wildman–Crippen MR) is 235 cm³/mol. The fraction of sp³-hybridized carbons (Fsp3) is 0. The zero-order chi connectivity index (χ0) is 37.0. The molecule has 262 valence electrons. The first-order chi connectivity index (χ1) is 27.7. The predicted octanol–water partition coefficient (Wildman–Crippen LogP) is 14.7. The summed E-state index contributed by atoms with van der Waals surface area (Å²) in [6, 6.07) is 68.5. The highest BCUT2D eigenvalue weighted by Gasteiger charge is 2.21. The van der Waals surface area contributed by atoms with E-state index in [0.29, 0.717) is 5.82 Å². The Labute approximate surface area is 327 Å². The Hall–Kier alpha value is -7.14. The molecule has 0 aliphatic rings. The first-order valence-electron chi connectivity index (χ1n) is 18.8. The van der Waals surface area contributed by atoms with Gasteiger partial charge in [-0.15, -0.1) is 11.3 Å². The Morgan fingerprint density at radius 1 is 0.357 bits per heavy atom. The molecule has 8 aromatic carbocycles. The van der Waals surface area contributed by atoms with Crippen LogP contribution in [0.1, 0.15) is 0 Å². The van der Waals surface area contributed by atoms with E-state index in [4.69, 9.17) is 14.4 Å². The van der Waals surface area contributed by atoms with Crippen LogP contribution in [0.5, 0.6) is 0 Å². The molecule has 0 fully saturated rings. The maximum atomic E-state index is 6.80. The fourth-order valence-corrected chi connectivity index (χ4v) is 9.13. The maximum absolute atomic E-state index is 6.80. The third kappa shape index (κ3) is 5.58. The molecule has 0 spiro atoms. The molecule has 0 N–H and O–H groups in total. The fourth-order valence-electron chi connectivity index (χ4n) is 7.98. The van der Waals surface area contributed by atoms with E-state index in [1.54, 1.807) is 0 Å². The Morgan fingerprint density at radius 2 is 0.911 bits per heavy atom. The molecule has 0 bridgehead atoms. The Morgan fingerprint density at radius 3 is 1.62 bits per heavy atom. The molecule has 11 rings (SSSR count). The van der Waals surface area contributed by atoms with Gasteiger partial charge in [0.15, 0.2) is 5.82 Å². The van der Waals surface area contributed by atoms with Crippen molar-refractivity contribution in [3.05, 3.63) is 194 Å². The van der Waals surface area contributed by atoms with E-state index < -0.39 is 0 Å². The first-order valence-corrected chi connectivity index (χ1v) is 19.6. The largest absolute Gasteiger partial charge is 0.455 e. The third-order valence-electron chi connectivity index (χ3n) is 10.7. The average Bonchev–Trinajstić information content (AvgIpc) is 3.85. The molecule has 0 amide bonds. The Balaban J connectivity index is 1.14. The number of furan rings is 1. The van der Waals surface area contributed by atoms with Crippen LogP contribution in [0.25, 0.3) is 109 Å². The van der Waals surface area contributed by atoms with Gasteiger partial charge in [-0.3, -0.25) is 0 Å². The van der Waals surface area contributed by atoms with Gasteiger partial charge in [-0.05, 0) is 81.9 Å². The lowest BCUT2D eigenvalue weighted by Gasteiger charge is -2.14. The number of aromatic nitrogens is 2. The molecule has 11 aromatic rings. The van der Waals surface area contributed by atoms with Crippen LogP contribution in [0.3, 0.4) is 0 Å². The molecule has 0 radical (unpaired) electrons. The summed E-state index contributed by atoms with van der Waals surface area (Å²) < 4.78 is 9.37. The molecule has 56 heavy (non-hydrogen) atoms. The van der Waals surface area contributed by atoms with Crippen LogP contribution in [0.2, 0.25) is 0 Å². The summed E-state index contributed by atoms with van der Waals surface area (Å²) in [5.74, 6) is 0.614. The number of nitrogens with zero attached hydrogens (tertiary/aromatic N) is 2. The van der Waals surface area contributed by atoms with Crippen LogP contribution >= 0.6 is 11.3 Å². The van der Waals surface area contributed by atoms with Gasteiger partial charge in [0.1, 0.15) is 11.2 Å². The van der Waals surface area contributed by atoms with Crippen molar-refractivity contribution in [3.8, 4) is 67.3 Å². The molecule has 3 heterocycles. The second-order valence-corrected chi connectivity index (χ2v) is 15.2. The lowest BCUT2D eigenvalue weighted by molar-refractivity contribution is 0.669. The number of para-hydroxylation sites is 1. The zero-order valence-electron chi connectivity index (χ0n) is 30.2. The Kier molecular flexibility index (Phi) is 7.68. The van der Waals surface area contributed by atoms with Gasteiger partial charge in [0.2, 0.25) is 0 Å². The topological polar surface area (TPSA) is 38.9 Å². The number of thiophene rings is 1. The summed E-state index contributed by atoms with van der Waals surface area (Å²) in [5, 5.41) is 4.71. The van der Waals surface area contributed by atoms with Gasteiger partial charge in [0, 0.05) is 42.1 Å². The number of hydrogen-bond donors (Lipinski definition) is 0. The standard InChI is InChI=1S/C52H32N2OS/c1-4-14-33(15-5-1)37-28-38(34-16-6-2-7-17-34)30-39(29-37)46-32-45(35-18-8-3-9-19-35)53-52(54-46)44-27-26-40(50-43-21-10-12-22-47(43)55-51(44)50)36-24-25-42-41-20-11-13-23-48(41)56-49(42)31-36/h1-32H. The second-order valence-electron chi connectivity index (χ2n) is 14.1. The summed E-state index contributed by atoms with van der Waals surface area (Å²) in [6.45, 7) is 0. The van der Waals surface area contributed by atoms with E-state index in [2.05, 4.69) is 176 Å². The van der Waals surface area contributed by atoms with Gasteiger partial charge in [0.05, 0.1) is 17.0 Å². The molecule has 0 unspecified atom stereocenters. The van der Waals surface area contributed by atoms with E-state index in [9.17, 15) is 0 Å². The first kappa shape index (κ1) is 32.3. The van der Waals surface area contributed by atoms with Crippen molar-refractivity contribution in [2.45, 2.75) is 0 Å². The van der Waals surface area contributed by atoms with E-state index in [1.165, 1.54) is 20.2 Å². The summed E-state index contributed by atoms with van der Waals surface area (Å²) in [5.41, 5.74) is 13.0. The van der Waals surface area contributed by atoms with Crippen molar-refractivity contribution < 1.29 is 4.42 Å². The number of fused-ring (bicyclic) bond motifs is 6. The van der Waals surface area contributed by atoms with Gasteiger partial charge >= 0.3 is 0 Å². The summed E-state index contributed by atoms with van der Waals surface area (Å²) in [4.78, 5) is 10.7. The SMILES string of the molecule is c1ccc(-c2cc(-c3ccccc3)cc(-c3cc(-c4ccccc4)nc(-c4ccc(-c5ccc6c(c5)sc5ccccc56)c5c4oc4ccccc45)n3)c2)cc1. The minimum absolute atomic E-state index is 0.614. The second kappa shape index (κ2) is 13.3. The van der Waals surface area contributed by atoms with Crippen molar-refractivity contribution in [1.82, 2.24) is 9.97 Å². The molecule has 0 saturated carbocycles. The van der Waals surface area contributed by atoms with Gasteiger partial charge in [-0.2, -0.15) is 0 Å². The van der Waals surface area contributed by atoms with Crippen LogP contribution in [0, 0.1) is 0 Å². The lowest BCUT2D eigenvalue weighted by atomic mass is 9.94. The van der Waals surface area contributed by atoms with Gasteiger partial charge in [0.25, 0.3) is 0 Å². The number of rotatable bonds is 6. The van der Waals surface area contributed by atoms with Crippen molar-refractivity contribution in [2.24, 2.45) is 0 Å². The zero-order valence-corrected chi connectivity index (χ0v) is 31.0. The van der Waals surface area contributed by atoms with Crippen molar-refractivity contribution in [3.63, 3.8) is 0 Å². The number of benzene rings is 8. The number of hydrogen-bond acceptors (Lipinski definition) is 4. The third-order valence-corrected chi connectivity index (χ3v) is 11.8. The minimum atomic E-state index is 0.614. The molecule has 0 aliphatic heterocycles. The normalized spacial score (nSPS) is 11.6. The molecule has 3 aromatic heterocycles. The van der Waals surface area contributed by atoms with Crippen LogP contribution < -0.4 is 0 Å². The molecule has 4 heteroatoms. The monoisotopic (exact) mass is 732 g/mol. The smallest absolute Gasteiger partial charge is 0.164 e. The van der Waals surface area contributed by atoms with Crippen molar-refractivity contribution in [1.29, 1.82) is 0 Å². The van der Waals surface area contributed by atoms with Gasteiger partial charge < -0.3 is 4.42 Å². The molecular weight excluding hydrogens is 701 g/mol. The molecule has 0 aliphatic carbocycles. The molecule has 0 saturated heterocycles. The van der Waals surface area contributed by atoms with Gasteiger partial charge in [-0.25, -0.2) is 9.97 Å². The highest BCUT2D eigenvalue weighted by Crippen LogP contribution is 2.44. The highest BCUT2D eigenvalue weighted by atomic mass is 32.1. The Bertz CT molecular complexity index is 3180. The van der Waals surface area contributed by atoms with E-state index >= 15 is 0 Å². The van der Waals surface area contributed by atoms with Crippen LogP contribution in [-0.2, 0) is 0 Å². The molecular formula is C52H32N2OS. The van der Waals surface area contributed by atoms with Crippen molar-refractivity contribution >= 4 is 53.4 Å². The maximum Gasteiger partial charge on any atom is 0.164 e. The molecule has 0 atom stereocenters. The van der Waals surface area contributed by atoms with Crippen LogP contribution in [0.4, 0.5) is 0 Å². The van der Waals surface area contributed by atoms with Gasteiger partial charge in [-0.1, -0.05) is 146 Å². The minimum Gasteiger partial charge on any atom is -0.455 e. The lowest BCUT2D eigenvalue weighted by Crippen LogP contribution is -1.97. The summed E-state index contributed by atoms with van der Waals surface area (Å²) in [7, 11) is 0. The quantitative estimate of drug-likeness (QED) is 0.171. The van der Waals surface area contributed by atoms with E-state index in [1.807, 2.05) is 29.5 Å². The van der Waals surface area contributed by atoms with Crippen LogP contribution in [-0.4, -0.2) is 9.97 Å².